The summed E-state index contributed by atoms with van der Waals surface area (Å²) in [6.07, 6.45) is 4.26. The number of ether oxygens (including phenoxy) is 2. The van der Waals surface area contributed by atoms with Gasteiger partial charge in [0.05, 0.1) is 0 Å². The Labute approximate surface area is 132 Å². The van der Waals surface area contributed by atoms with E-state index < -0.39 is 0 Å². The molecule has 0 bridgehead atoms. The van der Waals surface area contributed by atoms with Crippen molar-refractivity contribution in [3.05, 3.63) is 29.3 Å². The second kappa shape index (κ2) is 8.28. The number of rotatable bonds is 2. The number of fused-ring (bicyclic) bond motifs is 1. The minimum Gasteiger partial charge on any atom is -1.00 e. The molecule has 1 aliphatic carbocycles. The van der Waals surface area contributed by atoms with Crippen LogP contribution in [0.15, 0.2) is 18.2 Å². The summed E-state index contributed by atoms with van der Waals surface area (Å²) in [5, 5.41) is 0. The van der Waals surface area contributed by atoms with Crippen LogP contribution in [0.2, 0.25) is 0 Å². The second-order valence-corrected chi connectivity index (χ2v) is 4.11. The van der Waals surface area contributed by atoms with E-state index in [9.17, 15) is 0 Å². The van der Waals surface area contributed by atoms with Crippen LogP contribution in [0.1, 0.15) is 15.3 Å². The predicted molar refractivity (Wildman–Crippen MR) is 51.3 cm³/mol. The van der Waals surface area contributed by atoms with Gasteiger partial charge in [-0.1, -0.05) is 0 Å². The first-order valence-electron chi connectivity index (χ1n) is 4.42. The largest absolute Gasteiger partial charge is 1.00 e. The number of methoxy groups -OCH3 is 2. The molecule has 0 spiro atoms. The molecule has 6 heteroatoms. The van der Waals surface area contributed by atoms with Gasteiger partial charge >= 0.3 is 95.3 Å². The number of halogens is 3. The van der Waals surface area contributed by atoms with Crippen LogP contribution in [0.25, 0.3) is 6.08 Å². The van der Waals surface area contributed by atoms with E-state index in [2.05, 4.69) is 32.6 Å². The van der Waals surface area contributed by atoms with E-state index in [0.29, 0.717) is 4.22 Å². The normalized spacial score (nSPS) is 14.9. The van der Waals surface area contributed by atoms with Crippen molar-refractivity contribution in [2.75, 3.05) is 14.2 Å². The van der Waals surface area contributed by atoms with Crippen LogP contribution in [-0.2, 0) is 20.4 Å². The van der Waals surface area contributed by atoms with Gasteiger partial charge in [-0.15, -0.1) is 0 Å². The Morgan fingerprint density at radius 2 is 1.53 bits per heavy atom. The SMILES string of the molecule is COc1ccc(OC)c2c1C=C[CH]2[Ti+3].[Cl-].[Cl-].[Cl-]. The maximum absolute atomic E-state index is 5.33. The standard InChI is InChI=1S/C11H11O2.3ClH.Ti/c1-12-10-6-7-11(13-2)9-5-3-4-8(9)10;;;;/h3-7H,1-2H3;3*1H;/q;;;;+3/p-3. The molecule has 1 aromatic rings. The summed E-state index contributed by atoms with van der Waals surface area (Å²) in [4.78, 5) is 0. The van der Waals surface area contributed by atoms with Crippen LogP contribution in [0.4, 0.5) is 0 Å². The van der Waals surface area contributed by atoms with Crippen molar-refractivity contribution in [2.24, 2.45) is 0 Å². The van der Waals surface area contributed by atoms with E-state index in [1.165, 1.54) is 5.56 Å². The van der Waals surface area contributed by atoms with E-state index >= 15 is 0 Å². The fourth-order valence-electron chi connectivity index (χ4n) is 1.73. The molecule has 17 heavy (non-hydrogen) atoms. The van der Waals surface area contributed by atoms with Gasteiger partial charge in [0.1, 0.15) is 0 Å². The summed E-state index contributed by atoms with van der Waals surface area (Å²) in [7, 11) is 3.39. The van der Waals surface area contributed by atoms with Gasteiger partial charge in [0, 0.05) is 0 Å². The molecule has 0 fully saturated rings. The maximum atomic E-state index is 5.33. The molecule has 1 unspecified atom stereocenters. The molecular weight excluding hydrogens is 318 g/mol. The molecular formula is C11H11Cl3O2Ti. The molecule has 2 rings (SSSR count). The summed E-state index contributed by atoms with van der Waals surface area (Å²) in [5.74, 6) is 1.86. The molecule has 0 N–H and O–H groups in total. The summed E-state index contributed by atoms with van der Waals surface area (Å²) < 4.78 is 11.0. The zero-order chi connectivity index (χ0) is 10.1. The van der Waals surface area contributed by atoms with E-state index in [1.807, 2.05) is 12.1 Å². The van der Waals surface area contributed by atoms with Crippen LogP contribution in [0.3, 0.4) is 0 Å². The fourth-order valence-corrected chi connectivity index (χ4v) is 2.35. The molecule has 2 nitrogen and oxygen atoms in total. The monoisotopic (exact) mass is 328 g/mol. The predicted octanol–water partition coefficient (Wildman–Crippen LogP) is -6.67. The topological polar surface area (TPSA) is 18.5 Å². The second-order valence-electron chi connectivity index (χ2n) is 3.13. The third-order valence-corrected chi connectivity index (χ3v) is 3.16. The van der Waals surface area contributed by atoms with Gasteiger partial charge in [0.25, 0.3) is 0 Å². The Morgan fingerprint density at radius 3 is 2.06 bits per heavy atom. The molecule has 0 radical (unpaired) electrons. The Hall–Kier alpha value is 0.144. The third kappa shape index (κ3) is 3.55. The van der Waals surface area contributed by atoms with Crippen molar-refractivity contribution < 1.29 is 67.1 Å². The molecule has 0 saturated heterocycles. The molecule has 92 valence electrons. The first kappa shape index (κ1) is 19.5. The fraction of sp³-hybridized carbons (Fsp3) is 0.273. The van der Waals surface area contributed by atoms with Gasteiger partial charge in [0.2, 0.25) is 0 Å². The van der Waals surface area contributed by atoms with Gasteiger partial charge < -0.3 is 37.2 Å². The molecule has 0 aromatic heterocycles. The minimum atomic E-state index is 0. The molecule has 0 heterocycles. The van der Waals surface area contributed by atoms with Crippen molar-refractivity contribution >= 4 is 6.08 Å². The zero-order valence-corrected chi connectivity index (χ0v) is 13.2. The van der Waals surface area contributed by atoms with Crippen LogP contribution in [0.5, 0.6) is 11.5 Å². The summed E-state index contributed by atoms with van der Waals surface area (Å²) in [5.41, 5.74) is 2.38. The smallest absolute Gasteiger partial charge is 1.00 e. The molecule has 0 aliphatic heterocycles. The average Bonchev–Trinajstić information content (AvgIpc) is 2.60. The third-order valence-electron chi connectivity index (χ3n) is 2.41. The average molecular weight is 329 g/mol. The van der Waals surface area contributed by atoms with Crippen LogP contribution in [0, 0.1) is 0 Å². The van der Waals surface area contributed by atoms with Gasteiger partial charge in [0.15, 0.2) is 0 Å². The number of benzene rings is 1. The quantitative estimate of drug-likeness (QED) is 0.503. The molecule has 1 aliphatic rings. The zero-order valence-electron chi connectivity index (χ0n) is 9.34. The van der Waals surface area contributed by atoms with Crippen LogP contribution in [-0.4, -0.2) is 14.2 Å². The molecule has 1 atom stereocenters. The summed E-state index contributed by atoms with van der Waals surface area (Å²) in [6.45, 7) is 0. The molecule has 0 saturated carbocycles. The van der Waals surface area contributed by atoms with Crippen LogP contribution < -0.4 is 46.7 Å². The van der Waals surface area contributed by atoms with Gasteiger partial charge in [-0.2, -0.15) is 0 Å². The van der Waals surface area contributed by atoms with Gasteiger partial charge in [-0.25, -0.2) is 0 Å². The Balaban J connectivity index is 0. The Morgan fingerprint density at radius 1 is 1.00 bits per heavy atom. The van der Waals surface area contributed by atoms with E-state index in [4.69, 9.17) is 9.47 Å². The maximum Gasteiger partial charge on any atom is -1.00 e. The van der Waals surface area contributed by atoms with Crippen molar-refractivity contribution in [1.29, 1.82) is 0 Å². The molecule has 0 amide bonds. The van der Waals surface area contributed by atoms with Crippen molar-refractivity contribution in [3.8, 4) is 11.5 Å². The van der Waals surface area contributed by atoms with E-state index in [0.717, 1.165) is 17.1 Å². The first-order valence-corrected chi connectivity index (χ1v) is 5.32. The van der Waals surface area contributed by atoms with Crippen molar-refractivity contribution in [3.63, 3.8) is 0 Å². The number of allylic oxidation sites excluding steroid dienone is 1. The Kier molecular flexibility index (Phi) is 9.49. The summed E-state index contributed by atoms with van der Waals surface area (Å²) in [6, 6.07) is 3.90. The number of hydrogen-bond acceptors (Lipinski definition) is 2. The van der Waals surface area contributed by atoms with Crippen molar-refractivity contribution in [2.45, 2.75) is 4.22 Å². The first-order chi connectivity index (χ1) is 6.77. The van der Waals surface area contributed by atoms with E-state index in [-0.39, 0.29) is 37.2 Å². The van der Waals surface area contributed by atoms with Crippen LogP contribution >= 0.6 is 0 Å². The van der Waals surface area contributed by atoms with Gasteiger partial charge in [-0.3, -0.25) is 0 Å². The van der Waals surface area contributed by atoms with E-state index in [1.54, 1.807) is 14.2 Å². The summed E-state index contributed by atoms with van der Waals surface area (Å²) >= 11 is 2.16. The minimum absolute atomic E-state index is 0. The molecule has 1 aromatic carbocycles. The van der Waals surface area contributed by atoms with Crippen molar-refractivity contribution in [1.82, 2.24) is 0 Å². The Bertz CT molecular complexity index is 397. The van der Waals surface area contributed by atoms with Gasteiger partial charge in [-0.05, 0) is 0 Å². The number of hydrogen-bond donors (Lipinski definition) is 0.